The summed E-state index contributed by atoms with van der Waals surface area (Å²) in [6.45, 7) is 1.68. The SMILES string of the molecule is CN(Cc1ccc(Br)s1)Cn1nc(C2CC2)n(C2CC2)c1=S. The third-order valence-electron chi connectivity index (χ3n) is 4.18. The van der Waals surface area contributed by atoms with Gasteiger partial charge in [0.15, 0.2) is 4.77 Å². The Labute approximate surface area is 147 Å². The Morgan fingerprint density at radius 3 is 2.73 bits per heavy atom. The highest BCUT2D eigenvalue weighted by Crippen LogP contribution is 2.44. The number of rotatable bonds is 6. The molecule has 0 radical (unpaired) electrons. The van der Waals surface area contributed by atoms with Gasteiger partial charge in [0.25, 0.3) is 0 Å². The number of halogens is 1. The lowest BCUT2D eigenvalue weighted by Crippen LogP contribution is -2.22. The van der Waals surface area contributed by atoms with Gasteiger partial charge in [-0.05, 0) is 73.0 Å². The van der Waals surface area contributed by atoms with Crippen LogP contribution >= 0.6 is 39.5 Å². The van der Waals surface area contributed by atoms with Gasteiger partial charge in [0.05, 0.1) is 10.5 Å². The van der Waals surface area contributed by atoms with Gasteiger partial charge in [-0.25, -0.2) is 4.68 Å². The van der Waals surface area contributed by atoms with Crippen molar-refractivity contribution < 1.29 is 0 Å². The molecule has 0 saturated heterocycles. The summed E-state index contributed by atoms with van der Waals surface area (Å²) in [4.78, 5) is 3.62. The van der Waals surface area contributed by atoms with Gasteiger partial charge in [-0.3, -0.25) is 4.90 Å². The van der Waals surface area contributed by atoms with E-state index < -0.39 is 0 Å². The second-order valence-electron chi connectivity index (χ2n) is 6.38. The summed E-state index contributed by atoms with van der Waals surface area (Å²) in [6, 6.07) is 4.89. The Kier molecular flexibility index (Phi) is 4.00. The van der Waals surface area contributed by atoms with Crippen molar-refractivity contribution in [2.45, 2.75) is 50.9 Å². The molecule has 2 aliphatic carbocycles. The minimum absolute atomic E-state index is 0.621. The smallest absolute Gasteiger partial charge is 0.199 e. The van der Waals surface area contributed by atoms with Crippen LogP contribution in [0.1, 0.15) is 48.3 Å². The van der Waals surface area contributed by atoms with Crippen molar-refractivity contribution in [3.63, 3.8) is 0 Å². The van der Waals surface area contributed by atoms with Crippen LogP contribution in [0.15, 0.2) is 15.9 Å². The fraction of sp³-hybridized carbons (Fsp3) is 0.600. The molecule has 22 heavy (non-hydrogen) atoms. The van der Waals surface area contributed by atoms with Gasteiger partial charge in [-0.1, -0.05) is 0 Å². The molecule has 4 rings (SSSR count). The molecule has 0 unspecified atom stereocenters. The van der Waals surface area contributed by atoms with Gasteiger partial charge in [0.2, 0.25) is 0 Å². The van der Waals surface area contributed by atoms with Crippen LogP contribution in [0.5, 0.6) is 0 Å². The summed E-state index contributed by atoms with van der Waals surface area (Å²) in [7, 11) is 2.13. The minimum Gasteiger partial charge on any atom is -0.301 e. The maximum absolute atomic E-state index is 5.70. The van der Waals surface area contributed by atoms with E-state index in [-0.39, 0.29) is 0 Å². The number of hydrogen-bond donors (Lipinski definition) is 0. The normalized spacial score (nSPS) is 18.3. The first-order chi connectivity index (χ1) is 10.6. The van der Waals surface area contributed by atoms with E-state index in [1.165, 1.54) is 40.2 Å². The summed E-state index contributed by atoms with van der Waals surface area (Å²) in [5.74, 6) is 1.89. The Balaban J connectivity index is 1.52. The second-order valence-corrected chi connectivity index (χ2v) is 9.29. The maximum atomic E-state index is 5.70. The van der Waals surface area contributed by atoms with Gasteiger partial charge in [0.1, 0.15) is 5.82 Å². The molecular weight excluding hydrogens is 380 g/mol. The summed E-state index contributed by atoms with van der Waals surface area (Å²) < 4.78 is 6.44. The van der Waals surface area contributed by atoms with Crippen molar-refractivity contribution in [2.24, 2.45) is 0 Å². The molecular formula is C15H19BrN4S2. The zero-order chi connectivity index (χ0) is 15.3. The first-order valence-electron chi connectivity index (χ1n) is 7.74. The Hall–Kier alpha value is -0.500. The molecule has 2 heterocycles. The van der Waals surface area contributed by atoms with Crippen LogP contribution < -0.4 is 0 Å². The Morgan fingerprint density at radius 1 is 1.36 bits per heavy atom. The van der Waals surface area contributed by atoms with Crippen LogP contribution in [0.25, 0.3) is 0 Å². The first-order valence-corrected chi connectivity index (χ1v) is 9.75. The number of nitrogens with zero attached hydrogens (tertiary/aromatic N) is 4. The molecule has 0 spiro atoms. The minimum atomic E-state index is 0.621. The van der Waals surface area contributed by atoms with Crippen LogP contribution in [-0.2, 0) is 13.2 Å². The van der Waals surface area contributed by atoms with Crippen molar-refractivity contribution >= 4 is 39.5 Å². The highest BCUT2D eigenvalue weighted by atomic mass is 79.9. The average molecular weight is 399 g/mol. The molecule has 4 nitrogen and oxygen atoms in total. The predicted octanol–water partition coefficient (Wildman–Crippen LogP) is 4.54. The third-order valence-corrected chi connectivity index (χ3v) is 6.20. The van der Waals surface area contributed by atoms with Crippen LogP contribution in [0.2, 0.25) is 0 Å². The number of thiophene rings is 1. The van der Waals surface area contributed by atoms with Gasteiger partial charge in [-0.15, -0.1) is 11.3 Å². The van der Waals surface area contributed by atoms with E-state index in [9.17, 15) is 0 Å². The molecule has 7 heteroatoms. The highest BCUT2D eigenvalue weighted by molar-refractivity contribution is 9.11. The molecule has 0 amide bonds. The molecule has 2 saturated carbocycles. The average Bonchev–Trinajstić information content (AvgIpc) is 3.38. The van der Waals surface area contributed by atoms with E-state index in [2.05, 4.69) is 44.6 Å². The molecule has 0 N–H and O–H groups in total. The molecule has 0 aliphatic heterocycles. The quantitative estimate of drug-likeness (QED) is 0.667. The fourth-order valence-corrected chi connectivity index (χ4v) is 4.71. The van der Waals surface area contributed by atoms with E-state index in [1.807, 2.05) is 4.68 Å². The predicted molar refractivity (Wildman–Crippen MR) is 94.8 cm³/mol. The van der Waals surface area contributed by atoms with E-state index in [4.69, 9.17) is 17.3 Å². The van der Waals surface area contributed by atoms with Crippen molar-refractivity contribution in [1.29, 1.82) is 0 Å². The molecule has 118 valence electrons. The maximum Gasteiger partial charge on any atom is 0.199 e. The topological polar surface area (TPSA) is 26.0 Å². The molecule has 2 fully saturated rings. The highest BCUT2D eigenvalue weighted by Gasteiger charge is 2.35. The summed E-state index contributed by atoms with van der Waals surface area (Å²) in [6.07, 6.45) is 5.08. The Morgan fingerprint density at radius 2 is 2.14 bits per heavy atom. The first kappa shape index (κ1) is 15.1. The second kappa shape index (κ2) is 5.85. The van der Waals surface area contributed by atoms with E-state index in [0.717, 1.165) is 18.0 Å². The molecule has 0 atom stereocenters. The van der Waals surface area contributed by atoms with E-state index in [1.54, 1.807) is 11.3 Å². The monoisotopic (exact) mass is 398 g/mol. The van der Waals surface area contributed by atoms with Gasteiger partial charge in [-0.2, -0.15) is 5.10 Å². The van der Waals surface area contributed by atoms with Gasteiger partial charge in [0, 0.05) is 23.4 Å². The van der Waals surface area contributed by atoms with Gasteiger partial charge >= 0.3 is 0 Å². The molecule has 2 aromatic rings. The van der Waals surface area contributed by atoms with Crippen molar-refractivity contribution in [1.82, 2.24) is 19.2 Å². The standard InChI is InChI=1S/C15H19BrN4S2/c1-18(8-12-6-7-13(16)22-12)9-19-15(21)20(11-4-5-11)14(17-19)10-2-3-10/h6-7,10-11H,2-5,8-9H2,1H3. The molecule has 2 aromatic heterocycles. The van der Waals surface area contributed by atoms with Crippen molar-refractivity contribution in [2.75, 3.05) is 7.05 Å². The lowest BCUT2D eigenvalue weighted by Gasteiger charge is -2.15. The van der Waals surface area contributed by atoms with Gasteiger partial charge < -0.3 is 4.57 Å². The summed E-state index contributed by atoms with van der Waals surface area (Å²) in [5, 5.41) is 4.85. The Bertz CT molecular complexity index is 739. The third kappa shape index (κ3) is 3.09. The lowest BCUT2D eigenvalue weighted by atomic mass is 10.4. The number of aromatic nitrogens is 3. The molecule has 0 bridgehead atoms. The van der Waals surface area contributed by atoms with E-state index >= 15 is 0 Å². The summed E-state index contributed by atoms with van der Waals surface area (Å²) in [5.41, 5.74) is 0. The number of hydrogen-bond acceptors (Lipinski definition) is 4. The van der Waals surface area contributed by atoms with Crippen LogP contribution in [0.3, 0.4) is 0 Å². The zero-order valence-electron chi connectivity index (χ0n) is 12.5. The van der Waals surface area contributed by atoms with Crippen LogP contribution in [0, 0.1) is 4.77 Å². The lowest BCUT2D eigenvalue weighted by molar-refractivity contribution is 0.245. The fourth-order valence-electron chi connectivity index (χ4n) is 2.81. The van der Waals surface area contributed by atoms with E-state index in [0.29, 0.717) is 12.0 Å². The van der Waals surface area contributed by atoms with Crippen LogP contribution in [-0.4, -0.2) is 26.3 Å². The van der Waals surface area contributed by atoms with Crippen molar-refractivity contribution in [3.05, 3.63) is 31.4 Å². The zero-order valence-corrected chi connectivity index (χ0v) is 15.8. The largest absolute Gasteiger partial charge is 0.301 e. The molecule has 2 aliphatic rings. The van der Waals surface area contributed by atoms with Crippen LogP contribution in [0.4, 0.5) is 0 Å². The summed E-state index contributed by atoms with van der Waals surface area (Å²) >= 11 is 11.0. The van der Waals surface area contributed by atoms with Crippen molar-refractivity contribution in [3.8, 4) is 0 Å². The molecule has 0 aromatic carbocycles.